The fourth-order valence-electron chi connectivity index (χ4n) is 3.82. The number of benzene rings is 2. The molecule has 1 aliphatic rings. The van der Waals surface area contributed by atoms with Crippen molar-refractivity contribution in [2.24, 2.45) is 5.41 Å². The molecule has 3 rings (SSSR count). The Hall–Kier alpha value is -2.08. The molecule has 0 spiro atoms. The van der Waals surface area contributed by atoms with E-state index in [2.05, 4.69) is 95.3 Å². The summed E-state index contributed by atoms with van der Waals surface area (Å²) in [5.74, 6) is 0.342. The average Bonchev–Trinajstić information content (AvgIpc) is 2.97. The molecule has 124 valence electrons. The van der Waals surface area contributed by atoms with Gasteiger partial charge in [-0.05, 0) is 42.4 Å². The second-order valence-electron chi connectivity index (χ2n) is 8.06. The summed E-state index contributed by atoms with van der Waals surface area (Å²) in [6.07, 6.45) is 5.72. The average molecular weight is 316 g/mol. The van der Waals surface area contributed by atoms with Gasteiger partial charge in [-0.2, -0.15) is 0 Å². The maximum atomic E-state index is 2.35. The summed E-state index contributed by atoms with van der Waals surface area (Å²) >= 11 is 0. The molecule has 2 aromatic rings. The molecule has 0 amide bonds. The zero-order valence-corrected chi connectivity index (χ0v) is 15.6. The summed E-state index contributed by atoms with van der Waals surface area (Å²) in [6.45, 7) is 11.3. The number of rotatable bonds is 3. The largest absolute Gasteiger partial charge is 0.0801 e. The normalized spacial score (nSPS) is 14.8. The first-order valence-corrected chi connectivity index (χ1v) is 8.89. The van der Waals surface area contributed by atoms with Crippen LogP contribution in [-0.4, -0.2) is 0 Å². The molecule has 1 aliphatic carbocycles. The Morgan fingerprint density at radius 3 is 1.83 bits per heavy atom. The molecule has 0 heteroatoms. The molecule has 0 heterocycles. The van der Waals surface area contributed by atoms with Crippen molar-refractivity contribution >= 4 is 0 Å². The van der Waals surface area contributed by atoms with Gasteiger partial charge >= 0.3 is 0 Å². The summed E-state index contributed by atoms with van der Waals surface area (Å²) in [4.78, 5) is 0. The third kappa shape index (κ3) is 3.38. The van der Waals surface area contributed by atoms with Gasteiger partial charge in [0.2, 0.25) is 0 Å². The van der Waals surface area contributed by atoms with Crippen LogP contribution in [0.25, 0.3) is 0 Å². The molecule has 0 atom stereocenters. The Kier molecular flexibility index (Phi) is 4.49. The topological polar surface area (TPSA) is 0 Å². The van der Waals surface area contributed by atoms with Crippen molar-refractivity contribution in [2.75, 3.05) is 0 Å². The second-order valence-corrected chi connectivity index (χ2v) is 8.06. The Bertz CT molecular complexity index is 751. The fraction of sp³-hybridized carbons (Fsp3) is 0.333. The van der Waals surface area contributed by atoms with Crippen LogP contribution in [-0.2, 0) is 0 Å². The van der Waals surface area contributed by atoms with Crippen LogP contribution in [0, 0.1) is 19.3 Å². The summed E-state index contributed by atoms with van der Waals surface area (Å²) in [7, 11) is 0. The lowest BCUT2D eigenvalue weighted by Gasteiger charge is -2.28. The third-order valence-electron chi connectivity index (χ3n) is 4.88. The highest BCUT2D eigenvalue weighted by Gasteiger charge is 2.28. The van der Waals surface area contributed by atoms with Gasteiger partial charge < -0.3 is 0 Å². The molecule has 0 aromatic heterocycles. The van der Waals surface area contributed by atoms with E-state index in [4.69, 9.17) is 0 Å². The van der Waals surface area contributed by atoms with Crippen molar-refractivity contribution in [3.8, 4) is 0 Å². The van der Waals surface area contributed by atoms with E-state index in [1.165, 1.54) is 27.8 Å². The van der Waals surface area contributed by atoms with E-state index in [1.807, 2.05) is 0 Å². The summed E-state index contributed by atoms with van der Waals surface area (Å²) in [5, 5.41) is 0. The molecule has 2 aromatic carbocycles. The predicted octanol–water partition coefficient (Wildman–Crippen LogP) is 6.74. The van der Waals surface area contributed by atoms with Gasteiger partial charge in [-0.25, -0.2) is 0 Å². The minimum absolute atomic E-state index is 0.175. The number of hydrogen-bond donors (Lipinski definition) is 0. The molecule has 0 saturated heterocycles. The first-order valence-electron chi connectivity index (χ1n) is 8.89. The monoisotopic (exact) mass is 316 g/mol. The van der Waals surface area contributed by atoms with Gasteiger partial charge in [0.1, 0.15) is 0 Å². The minimum Gasteiger partial charge on any atom is -0.0801 e. The van der Waals surface area contributed by atoms with E-state index in [0.29, 0.717) is 5.92 Å². The molecular weight excluding hydrogens is 288 g/mol. The lowest BCUT2D eigenvalue weighted by molar-refractivity contribution is 0.510. The van der Waals surface area contributed by atoms with E-state index < -0.39 is 0 Å². The minimum atomic E-state index is 0.175. The lowest BCUT2D eigenvalue weighted by Crippen LogP contribution is -2.13. The molecule has 0 nitrogen and oxygen atoms in total. The maximum absolute atomic E-state index is 2.35. The quantitative estimate of drug-likeness (QED) is 0.588. The second kappa shape index (κ2) is 6.43. The molecule has 0 aliphatic heterocycles. The van der Waals surface area contributed by atoms with Crippen molar-refractivity contribution in [2.45, 2.75) is 47.0 Å². The van der Waals surface area contributed by atoms with Crippen LogP contribution in [0.3, 0.4) is 0 Å². The van der Waals surface area contributed by atoms with Crippen LogP contribution in [0.15, 0.2) is 71.8 Å². The first kappa shape index (κ1) is 16.8. The summed E-state index contributed by atoms with van der Waals surface area (Å²) in [6, 6.07) is 18.0. The van der Waals surface area contributed by atoms with E-state index in [0.717, 1.165) is 6.42 Å². The predicted molar refractivity (Wildman–Crippen MR) is 104 cm³/mol. The molecule has 0 bridgehead atoms. The smallest absolute Gasteiger partial charge is 0.0308 e. The highest BCUT2D eigenvalue weighted by Crippen LogP contribution is 2.44. The Balaban J connectivity index is 2.20. The number of aryl methyl sites for hydroxylation is 2. The van der Waals surface area contributed by atoms with Gasteiger partial charge in [-0.1, -0.05) is 98.2 Å². The molecule has 0 N–H and O–H groups in total. The maximum Gasteiger partial charge on any atom is 0.0308 e. The Morgan fingerprint density at radius 1 is 0.833 bits per heavy atom. The van der Waals surface area contributed by atoms with E-state index in [9.17, 15) is 0 Å². The zero-order valence-electron chi connectivity index (χ0n) is 15.6. The van der Waals surface area contributed by atoms with Crippen LogP contribution < -0.4 is 0 Å². The number of allylic oxidation sites excluding steroid dienone is 4. The van der Waals surface area contributed by atoms with Gasteiger partial charge in [0.25, 0.3) is 0 Å². The van der Waals surface area contributed by atoms with Crippen LogP contribution in [0.2, 0.25) is 0 Å². The highest BCUT2D eigenvalue weighted by molar-refractivity contribution is 5.50. The van der Waals surface area contributed by atoms with Gasteiger partial charge in [-0.3, -0.25) is 0 Å². The van der Waals surface area contributed by atoms with Crippen LogP contribution >= 0.6 is 0 Å². The first-order chi connectivity index (χ1) is 11.4. The van der Waals surface area contributed by atoms with Gasteiger partial charge in [0, 0.05) is 5.92 Å². The van der Waals surface area contributed by atoms with E-state index >= 15 is 0 Å². The molecule has 0 unspecified atom stereocenters. The molecular formula is C24H28. The molecule has 0 radical (unpaired) electrons. The molecule has 0 saturated carbocycles. The van der Waals surface area contributed by atoms with Crippen molar-refractivity contribution in [1.29, 1.82) is 0 Å². The lowest BCUT2D eigenvalue weighted by atomic mass is 9.76. The molecule has 0 fully saturated rings. The van der Waals surface area contributed by atoms with Gasteiger partial charge in [0.15, 0.2) is 0 Å². The summed E-state index contributed by atoms with van der Waals surface area (Å²) < 4.78 is 0. The Labute approximate surface area is 146 Å². The van der Waals surface area contributed by atoms with Crippen LogP contribution in [0.1, 0.15) is 55.4 Å². The van der Waals surface area contributed by atoms with Crippen LogP contribution in [0.5, 0.6) is 0 Å². The van der Waals surface area contributed by atoms with Gasteiger partial charge in [-0.15, -0.1) is 0 Å². The standard InChI is InChI=1S/C24H28/c1-17-9-6-11-19(15-17)23(20-12-7-10-18(2)16-20)21-13-8-14-22(21)24(3,4)5/h6-12,14-16,23H,13H2,1-5H3. The van der Waals surface area contributed by atoms with E-state index in [-0.39, 0.29) is 5.41 Å². The highest BCUT2D eigenvalue weighted by atomic mass is 14.3. The van der Waals surface area contributed by atoms with Crippen LogP contribution in [0.4, 0.5) is 0 Å². The van der Waals surface area contributed by atoms with Crippen molar-refractivity contribution in [3.63, 3.8) is 0 Å². The van der Waals surface area contributed by atoms with Crippen molar-refractivity contribution < 1.29 is 0 Å². The fourth-order valence-corrected chi connectivity index (χ4v) is 3.82. The van der Waals surface area contributed by atoms with Crippen molar-refractivity contribution in [3.05, 3.63) is 94.1 Å². The third-order valence-corrected chi connectivity index (χ3v) is 4.88. The number of hydrogen-bond acceptors (Lipinski definition) is 0. The van der Waals surface area contributed by atoms with Crippen molar-refractivity contribution in [1.82, 2.24) is 0 Å². The van der Waals surface area contributed by atoms with Gasteiger partial charge in [0.05, 0.1) is 0 Å². The van der Waals surface area contributed by atoms with E-state index in [1.54, 1.807) is 5.57 Å². The Morgan fingerprint density at radius 2 is 1.38 bits per heavy atom. The molecule has 24 heavy (non-hydrogen) atoms. The summed E-state index contributed by atoms with van der Waals surface area (Å²) in [5.41, 5.74) is 8.69. The zero-order chi connectivity index (χ0) is 17.3. The SMILES string of the molecule is Cc1cccc(C(C2=C(C(C)(C)C)C=CC2)c2cccc(C)c2)c1.